The van der Waals surface area contributed by atoms with E-state index in [2.05, 4.69) is 24.8 Å². The van der Waals surface area contributed by atoms with E-state index >= 15 is 0 Å². The van der Waals surface area contributed by atoms with Crippen molar-refractivity contribution < 1.29 is 4.79 Å². The molecule has 0 aromatic carbocycles. The maximum absolute atomic E-state index is 11.3. The fourth-order valence-electron chi connectivity index (χ4n) is 2.22. The van der Waals surface area contributed by atoms with Crippen LogP contribution < -0.4 is 0 Å². The molecule has 0 unspecified atom stereocenters. The summed E-state index contributed by atoms with van der Waals surface area (Å²) in [5.41, 5.74) is 0.0272. The molecule has 1 heterocycles. The van der Waals surface area contributed by atoms with Crippen LogP contribution in [0.1, 0.15) is 33.6 Å². The smallest absolute Gasteiger partial charge is 0.219 e. The molecule has 0 atom stereocenters. The van der Waals surface area contributed by atoms with Gasteiger partial charge in [-0.05, 0) is 26.8 Å². The minimum absolute atomic E-state index is 0.0272. The van der Waals surface area contributed by atoms with E-state index in [0.29, 0.717) is 6.42 Å². The summed E-state index contributed by atoms with van der Waals surface area (Å²) < 4.78 is 0. The molecule has 0 saturated carbocycles. The number of unbranched alkanes of at least 4 members (excludes halogenated alkanes) is 1. The van der Waals surface area contributed by atoms with Crippen molar-refractivity contribution in [3.05, 3.63) is 0 Å². The Morgan fingerprint density at radius 3 is 2.62 bits per heavy atom. The van der Waals surface area contributed by atoms with Crippen LogP contribution in [0.25, 0.3) is 0 Å². The van der Waals surface area contributed by atoms with Gasteiger partial charge in [0.05, 0.1) is 6.07 Å². The Kier molecular flexibility index (Phi) is 4.31. The predicted octanol–water partition coefficient (Wildman–Crippen LogP) is 1.23. The minimum atomic E-state index is 0.0272. The Labute approximate surface area is 97.8 Å². The molecule has 1 saturated heterocycles. The van der Waals surface area contributed by atoms with Crippen LogP contribution in [0, 0.1) is 11.3 Å². The van der Waals surface area contributed by atoms with Gasteiger partial charge in [0, 0.05) is 38.5 Å². The first kappa shape index (κ1) is 13.0. The molecule has 4 heteroatoms. The van der Waals surface area contributed by atoms with E-state index < -0.39 is 0 Å². The number of nitrogens with zero attached hydrogens (tertiary/aromatic N) is 3. The van der Waals surface area contributed by atoms with Crippen LogP contribution in [-0.2, 0) is 4.79 Å². The van der Waals surface area contributed by atoms with Crippen molar-refractivity contribution in [2.75, 3.05) is 26.2 Å². The fourth-order valence-corrected chi connectivity index (χ4v) is 2.22. The third-order valence-electron chi connectivity index (χ3n) is 3.24. The number of hydrogen-bond donors (Lipinski definition) is 0. The summed E-state index contributed by atoms with van der Waals surface area (Å²) in [5.74, 6) is 0.157. The van der Waals surface area contributed by atoms with Gasteiger partial charge in [0.1, 0.15) is 0 Å². The zero-order valence-corrected chi connectivity index (χ0v) is 10.5. The second kappa shape index (κ2) is 5.31. The van der Waals surface area contributed by atoms with Crippen LogP contribution in [0.15, 0.2) is 0 Å². The molecule has 1 rings (SSSR count). The van der Waals surface area contributed by atoms with Gasteiger partial charge in [-0.1, -0.05) is 0 Å². The number of carbonyl (C=O) groups excluding carboxylic acids is 1. The third kappa shape index (κ3) is 3.21. The Morgan fingerprint density at radius 1 is 1.44 bits per heavy atom. The molecule has 0 aromatic heterocycles. The molecule has 1 amide bonds. The normalized spacial score (nSPS) is 20.5. The zero-order chi connectivity index (χ0) is 12.2. The van der Waals surface area contributed by atoms with Crippen molar-refractivity contribution in [2.24, 2.45) is 0 Å². The van der Waals surface area contributed by atoms with Crippen LogP contribution in [0.4, 0.5) is 0 Å². The molecule has 0 radical (unpaired) electrons. The first-order chi connectivity index (χ1) is 7.47. The zero-order valence-electron chi connectivity index (χ0n) is 10.5. The molecule has 1 aliphatic heterocycles. The topological polar surface area (TPSA) is 47.3 Å². The van der Waals surface area contributed by atoms with E-state index in [9.17, 15) is 4.79 Å². The SMILES string of the molecule is CC(=O)N1CCN(CCCC#N)C(C)(C)C1. The summed E-state index contributed by atoms with van der Waals surface area (Å²) in [5, 5.41) is 8.52. The molecule has 0 bridgehead atoms. The highest BCUT2D eigenvalue weighted by atomic mass is 16.2. The van der Waals surface area contributed by atoms with Crippen molar-refractivity contribution in [1.82, 2.24) is 9.80 Å². The van der Waals surface area contributed by atoms with Gasteiger partial charge in [0.25, 0.3) is 0 Å². The van der Waals surface area contributed by atoms with E-state index in [1.807, 2.05) is 4.90 Å². The molecule has 1 aliphatic rings. The number of amides is 1. The van der Waals surface area contributed by atoms with Gasteiger partial charge in [0.2, 0.25) is 5.91 Å². The Morgan fingerprint density at radius 2 is 2.12 bits per heavy atom. The maximum atomic E-state index is 11.3. The number of rotatable bonds is 3. The van der Waals surface area contributed by atoms with Gasteiger partial charge in [-0.25, -0.2) is 0 Å². The first-order valence-electron chi connectivity index (χ1n) is 5.85. The van der Waals surface area contributed by atoms with E-state index in [0.717, 1.165) is 32.6 Å². The van der Waals surface area contributed by atoms with Gasteiger partial charge < -0.3 is 4.90 Å². The Bertz CT molecular complexity index is 293. The van der Waals surface area contributed by atoms with Crippen molar-refractivity contribution in [1.29, 1.82) is 5.26 Å². The first-order valence-corrected chi connectivity index (χ1v) is 5.85. The van der Waals surface area contributed by atoms with Gasteiger partial charge in [-0.15, -0.1) is 0 Å². The van der Waals surface area contributed by atoms with Crippen LogP contribution in [0.2, 0.25) is 0 Å². The van der Waals surface area contributed by atoms with Crippen LogP contribution in [0.3, 0.4) is 0 Å². The summed E-state index contributed by atoms with van der Waals surface area (Å²) in [6, 6.07) is 2.17. The van der Waals surface area contributed by atoms with Crippen LogP contribution >= 0.6 is 0 Å². The highest BCUT2D eigenvalue weighted by molar-refractivity contribution is 5.73. The molecular formula is C12H21N3O. The molecule has 0 aromatic rings. The lowest BCUT2D eigenvalue weighted by atomic mass is 9.98. The largest absolute Gasteiger partial charge is 0.340 e. The number of piperazine rings is 1. The summed E-state index contributed by atoms with van der Waals surface area (Å²) in [6.45, 7) is 9.41. The minimum Gasteiger partial charge on any atom is -0.340 e. The van der Waals surface area contributed by atoms with Gasteiger partial charge in [-0.2, -0.15) is 5.26 Å². The summed E-state index contributed by atoms with van der Waals surface area (Å²) in [6.07, 6.45) is 1.53. The highest BCUT2D eigenvalue weighted by Crippen LogP contribution is 2.21. The van der Waals surface area contributed by atoms with Crippen LogP contribution in [-0.4, -0.2) is 47.4 Å². The van der Waals surface area contributed by atoms with E-state index in [1.165, 1.54) is 0 Å². The van der Waals surface area contributed by atoms with Gasteiger partial charge in [-0.3, -0.25) is 9.69 Å². The molecule has 0 aliphatic carbocycles. The average Bonchev–Trinajstić information content (AvgIpc) is 2.19. The molecule has 0 N–H and O–H groups in total. The standard InChI is InChI=1S/C12H21N3O/c1-11(16)14-8-9-15(7-5-4-6-13)12(2,3)10-14/h4-5,7-10H2,1-3H3. The maximum Gasteiger partial charge on any atom is 0.219 e. The molecule has 16 heavy (non-hydrogen) atoms. The Balaban J connectivity index is 2.50. The average molecular weight is 223 g/mol. The second-order valence-electron chi connectivity index (χ2n) is 5.00. The van der Waals surface area contributed by atoms with Crippen molar-refractivity contribution in [2.45, 2.75) is 39.2 Å². The quantitative estimate of drug-likeness (QED) is 0.676. The Hall–Kier alpha value is -1.08. The molecule has 0 spiro atoms. The van der Waals surface area contributed by atoms with Gasteiger partial charge >= 0.3 is 0 Å². The summed E-state index contributed by atoms with van der Waals surface area (Å²) in [4.78, 5) is 15.6. The number of nitriles is 1. The fraction of sp³-hybridized carbons (Fsp3) is 0.833. The lowest BCUT2D eigenvalue weighted by molar-refractivity contribution is -0.133. The molecular weight excluding hydrogens is 202 g/mol. The van der Waals surface area contributed by atoms with Gasteiger partial charge in [0.15, 0.2) is 0 Å². The van der Waals surface area contributed by atoms with Crippen LogP contribution in [0.5, 0.6) is 0 Å². The monoisotopic (exact) mass is 223 g/mol. The molecule has 4 nitrogen and oxygen atoms in total. The van der Waals surface area contributed by atoms with E-state index in [-0.39, 0.29) is 11.4 Å². The number of carbonyl (C=O) groups is 1. The van der Waals surface area contributed by atoms with Crippen molar-refractivity contribution >= 4 is 5.91 Å². The van der Waals surface area contributed by atoms with E-state index in [1.54, 1.807) is 6.92 Å². The van der Waals surface area contributed by atoms with E-state index in [4.69, 9.17) is 5.26 Å². The second-order valence-corrected chi connectivity index (χ2v) is 5.00. The summed E-state index contributed by atoms with van der Waals surface area (Å²) >= 11 is 0. The number of hydrogen-bond acceptors (Lipinski definition) is 3. The highest BCUT2D eigenvalue weighted by Gasteiger charge is 2.33. The molecule has 1 fully saturated rings. The van der Waals surface area contributed by atoms with Crippen molar-refractivity contribution in [3.8, 4) is 6.07 Å². The lowest BCUT2D eigenvalue weighted by Crippen LogP contribution is -2.60. The summed E-state index contributed by atoms with van der Waals surface area (Å²) in [7, 11) is 0. The lowest BCUT2D eigenvalue weighted by Gasteiger charge is -2.47. The molecule has 90 valence electrons. The van der Waals surface area contributed by atoms with Crippen molar-refractivity contribution in [3.63, 3.8) is 0 Å². The third-order valence-corrected chi connectivity index (χ3v) is 3.24. The predicted molar refractivity (Wildman–Crippen MR) is 62.8 cm³/mol.